The van der Waals surface area contributed by atoms with Crippen molar-refractivity contribution < 1.29 is 9.21 Å². The molecule has 0 spiro atoms. The van der Waals surface area contributed by atoms with Gasteiger partial charge >= 0.3 is 0 Å². The Morgan fingerprint density at radius 2 is 2.00 bits per heavy atom. The maximum Gasteiger partial charge on any atom is 0.226 e. The number of carbonyl (C=O) groups is 1. The second-order valence-electron chi connectivity index (χ2n) is 7.23. The molecule has 1 aromatic carbocycles. The van der Waals surface area contributed by atoms with Gasteiger partial charge in [-0.05, 0) is 56.8 Å². The summed E-state index contributed by atoms with van der Waals surface area (Å²) in [5, 5.41) is 3.02. The fraction of sp³-hybridized carbons (Fsp3) is 0.500. The van der Waals surface area contributed by atoms with Crippen LogP contribution < -0.4 is 11.1 Å². The highest BCUT2D eigenvalue weighted by Gasteiger charge is 2.32. The summed E-state index contributed by atoms with van der Waals surface area (Å²) in [4.78, 5) is 17.0. The normalized spacial score (nSPS) is 16.0. The molecule has 0 saturated heterocycles. The molecule has 3 N–H and O–H groups in total. The van der Waals surface area contributed by atoms with Crippen LogP contribution in [0.1, 0.15) is 50.0 Å². The molecule has 0 radical (unpaired) electrons. The van der Waals surface area contributed by atoms with Gasteiger partial charge in [-0.15, -0.1) is 12.4 Å². The van der Waals surface area contributed by atoms with Crippen molar-refractivity contribution in [1.82, 2.24) is 4.98 Å². The molecule has 1 saturated carbocycles. The van der Waals surface area contributed by atoms with Gasteiger partial charge in [0, 0.05) is 17.7 Å². The number of rotatable bonds is 5. The summed E-state index contributed by atoms with van der Waals surface area (Å²) in [5.41, 5.74) is 8.47. The standard InChI is InChI=1S/C20H27N3O2.ClH/c1-14-15(2)25-19(22-14)16-7-6-8-17(11-16)23-18(24)12-20(13-21)9-4-3-5-10-20;/h6-8,11H,3-5,9-10,12-13,21H2,1-2H3,(H,23,24);1H. The number of nitrogens with zero attached hydrogens (tertiary/aromatic N) is 1. The lowest BCUT2D eigenvalue weighted by molar-refractivity contribution is -0.118. The predicted octanol–water partition coefficient (Wildman–Crippen LogP) is 4.62. The Morgan fingerprint density at radius 3 is 2.62 bits per heavy atom. The van der Waals surface area contributed by atoms with Crippen molar-refractivity contribution >= 4 is 24.0 Å². The zero-order valence-electron chi connectivity index (χ0n) is 15.5. The molecule has 2 aromatic rings. The Bertz CT molecular complexity index is 732. The van der Waals surface area contributed by atoms with E-state index >= 15 is 0 Å². The number of nitrogens with one attached hydrogen (secondary N) is 1. The molecule has 1 fully saturated rings. The highest BCUT2D eigenvalue weighted by atomic mass is 35.5. The van der Waals surface area contributed by atoms with Crippen molar-refractivity contribution in [1.29, 1.82) is 0 Å². The minimum absolute atomic E-state index is 0. The van der Waals surface area contributed by atoms with Crippen LogP contribution in [0.5, 0.6) is 0 Å². The lowest BCUT2D eigenvalue weighted by Gasteiger charge is -2.35. The third-order valence-electron chi connectivity index (χ3n) is 5.30. The maximum atomic E-state index is 12.5. The lowest BCUT2D eigenvalue weighted by Crippen LogP contribution is -2.36. The van der Waals surface area contributed by atoms with Crippen LogP contribution in [0.25, 0.3) is 11.5 Å². The number of carbonyl (C=O) groups excluding carboxylic acids is 1. The molecule has 0 unspecified atom stereocenters. The molecule has 1 aromatic heterocycles. The molecule has 3 rings (SSSR count). The molecule has 1 aliphatic rings. The first-order valence-corrected chi connectivity index (χ1v) is 9.06. The number of aryl methyl sites for hydroxylation is 2. The molecule has 0 atom stereocenters. The number of hydrogen-bond acceptors (Lipinski definition) is 4. The fourth-order valence-electron chi connectivity index (χ4n) is 3.63. The third kappa shape index (κ3) is 4.65. The van der Waals surface area contributed by atoms with Gasteiger partial charge < -0.3 is 15.5 Å². The van der Waals surface area contributed by atoms with Gasteiger partial charge in [-0.25, -0.2) is 4.98 Å². The summed E-state index contributed by atoms with van der Waals surface area (Å²) in [6, 6.07) is 7.63. The third-order valence-corrected chi connectivity index (χ3v) is 5.30. The fourth-order valence-corrected chi connectivity index (χ4v) is 3.63. The van der Waals surface area contributed by atoms with Crippen LogP contribution in [-0.2, 0) is 4.79 Å². The molecule has 1 aliphatic carbocycles. The van der Waals surface area contributed by atoms with E-state index in [2.05, 4.69) is 10.3 Å². The van der Waals surface area contributed by atoms with E-state index in [-0.39, 0.29) is 23.7 Å². The minimum Gasteiger partial charge on any atom is -0.441 e. The second kappa shape index (κ2) is 8.69. The number of hydrogen-bond donors (Lipinski definition) is 2. The topological polar surface area (TPSA) is 81.2 Å². The average Bonchev–Trinajstić information content (AvgIpc) is 2.95. The molecule has 0 bridgehead atoms. The van der Waals surface area contributed by atoms with E-state index < -0.39 is 0 Å². The van der Waals surface area contributed by atoms with Crippen LogP contribution in [0.3, 0.4) is 0 Å². The Balaban J connectivity index is 0.00000243. The van der Waals surface area contributed by atoms with Gasteiger partial charge in [0.05, 0.1) is 5.69 Å². The van der Waals surface area contributed by atoms with Crippen molar-refractivity contribution in [2.24, 2.45) is 11.1 Å². The molecule has 5 nitrogen and oxygen atoms in total. The molecule has 1 amide bonds. The van der Waals surface area contributed by atoms with E-state index in [1.165, 1.54) is 19.3 Å². The number of halogens is 1. The van der Waals surface area contributed by atoms with Crippen molar-refractivity contribution in [2.75, 3.05) is 11.9 Å². The van der Waals surface area contributed by atoms with Gasteiger partial charge in [0.25, 0.3) is 0 Å². The lowest BCUT2D eigenvalue weighted by atomic mass is 9.71. The Labute approximate surface area is 161 Å². The highest BCUT2D eigenvalue weighted by Crippen LogP contribution is 2.38. The van der Waals surface area contributed by atoms with E-state index in [4.69, 9.17) is 10.2 Å². The second-order valence-corrected chi connectivity index (χ2v) is 7.23. The van der Waals surface area contributed by atoms with Gasteiger partial charge in [0.1, 0.15) is 5.76 Å². The highest BCUT2D eigenvalue weighted by molar-refractivity contribution is 5.91. The van der Waals surface area contributed by atoms with E-state index in [0.717, 1.165) is 35.5 Å². The SMILES string of the molecule is Cc1nc(-c2cccc(NC(=O)CC3(CN)CCCCC3)c2)oc1C.Cl. The molecule has 26 heavy (non-hydrogen) atoms. The van der Waals surface area contributed by atoms with Crippen molar-refractivity contribution in [2.45, 2.75) is 52.4 Å². The molecular formula is C20H28ClN3O2. The predicted molar refractivity (Wildman–Crippen MR) is 106 cm³/mol. The first kappa shape index (κ1) is 20.5. The Hall–Kier alpha value is -1.85. The van der Waals surface area contributed by atoms with Crippen LogP contribution in [0.15, 0.2) is 28.7 Å². The molecular weight excluding hydrogens is 350 g/mol. The summed E-state index contributed by atoms with van der Waals surface area (Å²) < 4.78 is 5.67. The van der Waals surface area contributed by atoms with E-state index in [1.807, 2.05) is 38.1 Å². The van der Waals surface area contributed by atoms with E-state index in [0.29, 0.717) is 18.9 Å². The van der Waals surface area contributed by atoms with Crippen LogP contribution >= 0.6 is 12.4 Å². The van der Waals surface area contributed by atoms with Crippen molar-refractivity contribution in [3.05, 3.63) is 35.7 Å². The van der Waals surface area contributed by atoms with Crippen LogP contribution in [0.4, 0.5) is 5.69 Å². The van der Waals surface area contributed by atoms with E-state index in [9.17, 15) is 4.79 Å². The van der Waals surface area contributed by atoms with Crippen molar-refractivity contribution in [3.8, 4) is 11.5 Å². The molecule has 142 valence electrons. The van der Waals surface area contributed by atoms with Gasteiger partial charge in [-0.2, -0.15) is 0 Å². The largest absolute Gasteiger partial charge is 0.441 e. The zero-order valence-corrected chi connectivity index (χ0v) is 16.3. The van der Waals surface area contributed by atoms with Gasteiger partial charge in [-0.1, -0.05) is 25.3 Å². The number of nitrogens with two attached hydrogens (primary N) is 1. The quantitative estimate of drug-likeness (QED) is 0.796. The smallest absolute Gasteiger partial charge is 0.226 e. The number of oxazole rings is 1. The zero-order chi connectivity index (χ0) is 17.9. The average molecular weight is 378 g/mol. The molecule has 6 heteroatoms. The van der Waals surface area contributed by atoms with Gasteiger partial charge in [-0.3, -0.25) is 4.79 Å². The van der Waals surface area contributed by atoms with E-state index in [1.54, 1.807) is 0 Å². The number of aromatic nitrogens is 1. The number of amides is 1. The maximum absolute atomic E-state index is 12.5. The molecule has 0 aliphatic heterocycles. The van der Waals surface area contributed by atoms with Crippen LogP contribution in [-0.4, -0.2) is 17.4 Å². The minimum atomic E-state index is -0.0310. The Morgan fingerprint density at radius 1 is 1.27 bits per heavy atom. The summed E-state index contributed by atoms with van der Waals surface area (Å²) in [6.45, 7) is 4.40. The summed E-state index contributed by atoms with van der Waals surface area (Å²) >= 11 is 0. The monoisotopic (exact) mass is 377 g/mol. The Kier molecular flexibility index (Phi) is 6.84. The summed E-state index contributed by atoms with van der Waals surface area (Å²) in [6.07, 6.45) is 6.18. The summed E-state index contributed by atoms with van der Waals surface area (Å²) in [5.74, 6) is 1.42. The molecule has 1 heterocycles. The first-order chi connectivity index (χ1) is 12.0. The van der Waals surface area contributed by atoms with Crippen LogP contribution in [0, 0.1) is 19.3 Å². The summed E-state index contributed by atoms with van der Waals surface area (Å²) in [7, 11) is 0. The number of benzene rings is 1. The van der Waals surface area contributed by atoms with Gasteiger partial charge in [0.15, 0.2) is 0 Å². The van der Waals surface area contributed by atoms with Gasteiger partial charge in [0.2, 0.25) is 11.8 Å². The first-order valence-electron chi connectivity index (χ1n) is 9.06. The van der Waals surface area contributed by atoms with Crippen LogP contribution in [0.2, 0.25) is 0 Å². The van der Waals surface area contributed by atoms with Crippen molar-refractivity contribution in [3.63, 3.8) is 0 Å². The number of anilines is 1.